The Morgan fingerprint density at radius 2 is 1.89 bits per heavy atom. The number of ketones is 2. The molecule has 2 bridgehead atoms. The van der Waals surface area contributed by atoms with Gasteiger partial charge in [-0.3, -0.25) is 14.4 Å². The molecule has 0 spiro atoms. The van der Waals surface area contributed by atoms with Crippen molar-refractivity contribution in [1.29, 1.82) is 0 Å². The third-order valence-electron chi connectivity index (χ3n) is 8.59. The highest BCUT2D eigenvalue weighted by atomic mass is 16.5. The maximum atomic E-state index is 13.2. The zero-order chi connectivity index (χ0) is 20.1. The summed E-state index contributed by atoms with van der Waals surface area (Å²) in [5.41, 5.74) is -3.09. The third kappa shape index (κ3) is 2.72. The SMILES string of the molecule is CCOC(=O)[C@@]1(CCC(=O)[C@@]2(O)C[C@H]3CC[C@]2(C)C3(C)C)CCCCC1=O. The number of hydrogen-bond acceptors (Lipinski definition) is 5. The van der Waals surface area contributed by atoms with Gasteiger partial charge in [-0.2, -0.15) is 0 Å². The molecule has 3 aliphatic carbocycles. The molecule has 5 nitrogen and oxygen atoms in total. The molecular formula is C22H34O5. The summed E-state index contributed by atoms with van der Waals surface area (Å²) in [4.78, 5) is 38.5. The van der Waals surface area contributed by atoms with Crippen molar-refractivity contribution in [3.8, 4) is 0 Å². The van der Waals surface area contributed by atoms with Crippen molar-refractivity contribution in [2.75, 3.05) is 6.61 Å². The number of ether oxygens (including phenoxy) is 1. The molecule has 4 atom stereocenters. The zero-order valence-corrected chi connectivity index (χ0v) is 17.2. The van der Waals surface area contributed by atoms with E-state index < -0.39 is 22.4 Å². The molecule has 0 aromatic heterocycles. The lowest BCUT2D eigenvalue weighted by atomic mass is 9.62. The van der Waals surface area contributed by atoms with E-state index in [0.717, 1.165) is 25.7 Å². The van der Waals surface area contributed by atoms with Crippen LogP contribution in [0.3, 0.4) is 0 Å². The Morgan fingerprint density at radius 3 is 2.41 bits per heavy atom. The lowest BCUT2D eigenvalue weighted by molar-refractivity contribution is -0.164. The van der Waals surface area contributed by atoms with Crippen LogP contribution in [-0.2, 0) is 19.1 Å². The largest absolute Gasteiger partial charge is 0.465 e. The van der Waals surface area contributed by atoms with Gasteiger partial charge in [0.15, 0.2) is 5.78 Å². The molecule has 0 amide bonds. The van der Waals surface area contributed by atoms with Crippen molar-refractivity contribution in [2.45, 2.75) is 91.1 Å². The summed E-state index contributed by atoms with van der Waals surface area (Å²) in [5.74, 6) is -0.463. The first-order valence-corrected chi connectivity index (χ1v) is 10.5. The van der Waals surface area contributed by atoms with E-state index in [-0.39, 0.29) is 36.4 Å². The summed E-state index contributed by atoms with van der Waals surface area (Å²) in [7, 11) is 0. The van der Waals surface area contributed by atoms with Gasteiger partial charge in [0.2, 0.25) is 0 Å². The predicted octanol–water partition coefficient (Wildman–Crippen LogP) is 3.61. The van der Waals surface area contributed by atoms with Gasteiger partial charge in [-0.05, 0) is 56.8 Å². The van der Waals surface area contributed by atoms with Gasteiger partial charge >= 0.3 is 5.97 Å². The Bertz CT molecular complexity index is 653. The van der Waals surface area contributed by atoms with Crippen LogP contribution in [0.5, 0.6) is 0 Å². The van der Waals surface area contributed by atoms with Gasteiger partial charge in [0.25, 0.3) is 0 Å². The van der Waals surface area contributed by atoms with Gasteiger partial charge in [0, 0.05) is 18.3 Å². The number of fused-ring (bicyclic) bond motifs is 2. The lowest BCUT2D eigenvalue weighted by Crippen LogP contribution is -2.53. The number of esters is 1. The first kappa shape index (κ1) is 20.5. The highest BCUT2D eigenvalue weighted by molar-refractivity contribution is 6.04. The van der Waals surface area contributed by atoms with Crippen molar-refractivity contribution in [3.63, 3.8) is 0 Å². The van der Waals surface area contributed by atoms with E-state index in [0.29, 0.717) is 25.2 Å². The Balaban J connectivity index is 1.79. The van der Waals surface area contributed by atoms with Crippen LogP contribution in [0.2, 0.25) is 0 Å². The molecular weight excluding hydrogens is 344 g/mol. The van der Waals surface area contributed by atoms with Gasteiger partial charge in [0.1, 0.15) is 16.8 Å². The van der Waals surface area contributed by atoms with E-state index in [1.165, 1.54) is 0 Å². The van der Waals surface area contributed by atoms with Gasteiger partial charge in [0.05, 0.1) is 6.61 Å². The fraction of sp³-hybridized carbons (Fsp3) is 0.864. The number of carbonyl (C=O) groups is 3. The molecule has 3 saturated carbocycles. The fourth-order valence-electron chi connectivity index (χ4n) is 6.17. The molecule has 1 N–H and O–H groups in total. The van der Waals surface area contributed by atoms with Crippen molar-refractivity contribution in [3.05, 3.63) is 0 Å². The van der Waals surface area contributed by atoms with E-state index in [1.54, 1.807) is 6.92 Å². The van der Waals surface area contributed by atoms with E-state index in [9.17, 15) is 19.5 Å². The Morgan fingerprint density at radius 1 is 1.19 bits per heavy atom. The van der Waals surface area contributed by atoms with Crippen LogP contribution in [0.25, 0.3) is 0 Å². The number of carbonyl (C=O) groups excluding carboxylic acids is 3. The molecule has 27 heavy (non-hydrogen) atoms. The first-order chi connectivity index (χ1) is 12.5. The summed E-state index contributed by atoms with van der Waals surface area (Å²) >= 11 is 0. The smallest absolute Gasteiger partial charge is 0.319 e. The summed E-state index contributed by atoms with van der Waals surface area (Å²) in [6.07, 6.45) is 4.98. The highest BCUT2D eigenvalue weighted by Crippen LogP contribution is 2.70. The molecule has 0 radical (unpaired) electrons. The average molecular weight is 379 g/mol. The van der Waals surface area contributed by atoms with E-state index in [4.69, 9.17) is 4.74 Å². The molecule has 152 valence electrons. The quantitative estimate of drug-likeness (QED) is 0.564. The van der Waals surface area contributed by atoms with Gasteiger partial charge in [-0.1, -0.05) is 27.2 Å². The molecule has 0 aromatic carbocycles. The van der Waals surface area contributed by atoms with Crippen LogP contribution in [0.15, 0.2) is 0 Å². The highest BCUT2D eigenvalue weighted by Gasteiger charge is 2.70. The van der Waals surface area contributed by atoms with Crippen molar-refractivity contribution < 1.29 is 24.2 Å². The second-order valence-corrected chi connectivity index (χ2v) is 9.71. The van der Waals surface area contributed by atoms with Crippen LogP contribution >= 0.6 is 0 Å². The summed E-state index contributed by atoms with van der Waals surface area (Å²) in [6.45, 7) is 8.29. The van der Waals surface area contributed by atoms with Crippen LogP contribution in [0.1, 0.15) is 85.5 Å². The number of rotatable bonds is 6. The second kappa shape index (κ2) is 6.68. The van der Waals surface area contributed by atoms with Crippen molar-refractivity contribution in [1.82, 2.24) is 0 Å². The number of aliphatic hydroxyl groups is 1. The fourth-order valence-corrected chi connectivity index (χ4v) is 6.17. The Hall–Kier alpha value is -1.23. The lowest BCUT2D eigenvalue weighted by Gasteiger charge is -2.44. The van der Waals surface area contributed by atoms with E-state index in [2.05, 4.69) is 13.8 Å². The van der Waals surface area contributed by atoms with Gasteiger partial charge in [-0.25, -0.2) is 0 Å². The molecule has 0 heterocycles. The summed E-state index contributed by atoms with van der Waals surface area (Å²) in [5, 5.41) is 11.4. The topological polar surface area (TPSA) is 80.7 Å². The van der Waals surface area contributed by atoms with Crippen LogP contribution in [-0.4, -0.2) is 34.9 Å². The minimum Gasteiger partial charge on any atom is -0.465 e. The standard InChI is InChI=1S/C22H34O5/c1-5-27-18(25)21(11-7-6-8-16(21)23)13-10-17(24)22(26)14-15-9-12-20(22,4)19(15,2)3/h15,26H,5-14H2,1-4H3/t15-,20-,21-,22+/m1/s1. The van der Waals surface area contributed by atoms with Gasteiger partial charge < -0.3 is 9.84 Å². The molecule has 0 saturated heterocycles. The van der Waals surface area contributed by atoms with Crippen molar-refractivity contribution >= 4 is 17.5 Å². The second-order valence-electron chi connectivity index (χ2n) is 9.71. The summed E-state index contributed by atoms with van der Waals surface area (Å²) in [6, 6.07) is 0. The maximum absolute atomic E-state index is 13.2. The third-order valence-corrected chi connectivity index (χ3v) is 8.59. The normalized spacial score (nSPS) is 40.2. The Kier molecular flexibility index (Phi) is 5.07. The average Bonchev–Trinajstić information content (AvgIpc) is 2.93. The molecule has 3 rings (SSSR count). The maximum Gasteiger partial charge on any atom is 0.319 e. The summed E-state index contributed by atoms with van der Waals surface area (Å²) < 4.78 is 5.21. The molecule has 0 unspecified atom stereocenters. The minimum absolute atomic E-state index is 0.0550. The number of Topliss-reactive ketones (excluding diaryl/α,β-unsaturated/α-hetero) is 2. The molecule has 3 fully saturated rings. The Labute approximate surface area is 162 Å². The molecule has 0 aromatic rings. The minimum atomic E-state index is -1.35. The van der Waals surface area contributed by atoms with Crippen molar-refractivity contribution in [2.24, 2.45) is 22.2 Å². The van der Waals surface area contributed by atoms with Crippen LogP contribution < -0.4 is 0 Å². The number of hydrogen-bond donors (Lipinski definition) is 1. The van der Waals surface area contributed by atoms with Crippen LogP contribution in [0.4, 0.5) is 0 Å². The zero-order valence-electron chi connectivity index (χ0n) is 17.2. The van der Waals surface area contributed by atoms with E-state index >= 15 is 0 Å². The van der Waals surface area contributed by atoms with Gasteiger partial charge in [-0.15, -0.1) is 0 Å². The first-order valence-electron chi connectivity index (χ1n) is 10.5. The molecule has 3 aliphatic rings. The molecule has 5 heteroatoms. The van der Waals surface area contributed by atoms with E-state index in [1.807, 2.05) is 6.92 Å². The predicted molar refractivity (Wildman–Crippen MR) is 101 cm³/mol. The molecule has 0 aliphatic heterocycles. The van der Waals surface area contributed by atoms with Crippen LogP contribution in [0, 0.1) is 22.2 Å². The monoisotopic (exact) mass is 378 g/mol.